The lowest BCUT2D eigenvalue weighted by Gasteiger charge is -2.24. The van der Waals surface area contributed by atoms with E-state index < -0.39 is 6.04 Å². The molecule has 1 saturated heterocycles. The first-order valence-corrected chi connectivity index (χ1v) is 7.41. The molecule has 0 saturated carbocycles. The number of hydrogen-bond donors (Lipinski definition) is 2. The van der Waals surface area contributed by atoms with Crippen LogP contribution in [0.1, 0.15) is 46.5 Å². The van der Waals surface area contributed by atoms with Crippen LogP contribution in [0.5, 0.6) is 0 Å². The Hall–Kier alpha value is -1.43. The van der Waals surface area contributed by atoms with Gasteiger partial charge in [-0.3, -0.25) is 24.6 Å². The summed E-state index contributed by atoms with van der Waals surface area (Å²) in [6.45, 7) is 6.60. The maximum Gasteiger partial charge on any atom is 0.247 e. The van der Waals surface area contributed by atoms with E-state index >= 15 is 0 Å². The van der Waals surface area contributed by atoms with Crippen molar-refractivity contribution in [1.82, 2.24) is 15.5 Å². The van der Waals surface area contributed by atoms with Crippen LogP contribution in [0.15, 0.2) is 0 Å². The predicted molar refractivity (Wildman–Crippen MR) is 75.9 cm³/mol. The first-order chi connectivity index (χ1) is 9.54. The van der Waals surface area contributed by atoms with Gasteiger partial charge in [0.1, 0.15) is 0 Å². The Morgan fingerprint density at radius 1 is 1.30 bits per heavy atom. The molecule has 1 aliphatic rings. The molecule has 20 heavy (non-hydrogen) atoms. The molecular weight excluding hydrogens is 258 g/mol. The molecule has 0 aromatic rings. The van der Waals surface area contributed by atoms with Crippen molar-refractivity contribution in [2.75, 3.05) is 13.1 Å². The van der Waals surface area contributed by atoms with E-state index in [4.69, 9.17) is 0 Å². The molecular formula is C14H25N3O3. The molecule has 6 nitrogen and oxygen atoms in total. The summed E-state index contributed by atoms with van der Waals surface area (Å²) < 4.78 is 0. The van der Waals surface area contributed by atoms with Gasteiger partial charge >= 0.3 is 0 Å². The summed E-state index contributed by atoms with van der Waals surface area (Å²) in [6.07, 6.45) is 2.54. The van der Waals surface area contributed by atoms with Gasteiger partial charge in [0, 0.05) is 12.6 Å². The third kappa shape index (κ3) is 4.03. The number of nitrogens with one attached hydrogen (secondary N) is 2. The fourth-order valence-electron chi connectivity index (χ4n) is 2.39. The Labute approximate surface area is 120 Å². The van der Waals surface area contributed by atoms with E-state index in [1.54, 1.807) is 0 Å². The van der Waals surface area contributed by atoms with Crippen molar-refractivity contribution in [1.29, 1.82) is 0 Å². The maximum atomic E-state index is 12.2. The van der Waals surface area contributed by atoms with Crippen LogP contribution in [0.25, 0.3) is 0 Å². The van der Waals surface area contributed by atoms with Gasteiger partial charge in [0.25, 0.3) is 0 Å². The number of carbonyl (C=O) groups is 3. The molecule has 0 aromatic carbocycles. The average molecular weight is 283 g/mol. The van der Waals surface area contributed by atoms with Crippen molar-refractivity contribution in [3.63, 3.8) is 0 Å². The quantitative estimate of drug-likeness (QED) is 0.633. The molecule has 0 spiro atoms. The van der Waals surface area contributed by atoms with Crippen LogP contribution in [0.2, 0.25) is 0 Å². The Morgan fingerprint density at radius 2 is 1.95 bits per heavy atom. The minimum atomic E-state index is -0.560. The monoisotopic (exact) mass is 283 g/mol. The molecule has 114 valence electrons. The largest absolute Gasteiger partial charge is 0.355 e. The van der Waals surface area contributed by atoms with Crippen molar-refractivity contribution < 1.29 is 14.4 Å². The van der Waals surface area contributed by atoms with Crippen LogP contribution in [0, 0.1) is 0 Å². The highest BCUT2D eigenvalue weighted by Gasteiger charge is 2.41. The zero-order valence-electron chi connectivity index (χ0n) is 12.6. The Balaban J connectivity index is 2.52. The number of nitrogens with zero attached hydrogens (tertiary/aromatic N) is 1. The molecule has 0 radical (unpaired) electrons. The fourth-order valence-corrected chi connectivity index (χ4v) is 2.39. The lowest BCUT2D eigenvalue weighted by Crippen LogP contribution is -2.46. The molecule has 1 atom stereocenters. The number of rotatable bonds is 8. The van der Waals surface area contributed by atoms with E-state index in [0.717, 1.165) is 19.3 Å². The third-order valence-electron chi connectivity index (χ3n) is 3.57. The van der Waals surface area contributed by atoms with Gasteiger partial charge in [-0.1, -0.05) is 20.8 Å². The zero-order valence-corrected chi connectivity index (χ0v) is 12.6. The molecule has 3 amide bonds. The van der Waals surface area contributed by atoms with Crippen molar-refractivity contribution in [2.45, 2.75) is 58.5 Å². The first-order valence-electron chi connectivity index (χ1n) is 7.41. The summed E-state index contributed by atoms with van der Waals surface area (Å²) in [5.74, 6) is -0.491. The maximum absolute atomic E-state index is 12.2. The van der Waals surface area contributed by atoms with Crippen LogP contribution >= 0.6 is 0 Å². The second-order valence-electron chi connectivity index (χ2n) is 5.06. The van der Waals surface area contributed by atoms with Gasteiger partial charge in [-0.05, 0) is 19.3 Å². The summed E-state index contributed by atoms with van der Waals surface area (Å²) >= 11 is 0. The number of imide groups is 1. The highest BCUT2D eigenvalue weighted by molar-refractivity contribution is 6.06. The van der Waals surface area contributed by atoms with Gasteiger partial charge < -0.3 is 5.32 Å². The second kappa shape index (κ2) is 7.99. The Bertz CT molecular complexity index is 367. The molecule has 1 aliphatic heterocycles. The lowest BCUT2D eigenvalue weighted by atomic mass is 10.1. The van der Waals surface area contributed by atoms with E-state index in [0.29, 0.717) is 6.54 Å². The summed E-state index contributed by atoms with van der Waals surface area (Å²) in [6, 6.07) is -0.591. The predicted octanol–water partition coefficient (Wildman–Crippen LogP) is 0.418. The number of carbonyl (C=O) groups excluding carboxylic acids is 3. The van der Waals surface area contributed by atoms with E-state index in [-0.39, 0.29) is 36.7 Å². The molecule has 0 bridgehead atoms. The van der Waals surface area contributed by atoms with Crippen LogP contribution < -0.4 is 10.6 Å². The molecule has 6 heteroatoms. The Morgan fingerprint density at radius 3 is 2.50 bits per heavy atom. The molecule has 2 N–H and O–H groups in total. The van der Waals surface area contributed by atoms with Gasteiger partial charge in [-0.2, -0.15) is 0 Å². The van der Waals surface area contributed by atoms with E-state index in [1.165, 1.54) is 4.90 Å². The molecule has 0 aromatic heterocycles. The zero-order chi connectivity index (χ0) is 15.1. The smallest absolute Gasteiger partial charge is 0.247 e. The molecule has 0 aliphatic carbocycles. The average Bonchev–Trinajstić information content (AvgIpc) is 2.72. The van der Waals surface area contributed by atoms with Crippen LogP contribution in [0.4, 0.5) is 0 Å². The molecule has 1 rings (SSSR count). The Kier molecular flexibility index (Phi) is 6.64. The topological polar surface area (TPSA) is 78.5 Å². The minimum Gasteiger partial charge on any atom is -0.355 e. The van der Waals surface area contributed by atoms with Gasteiger partial charge in [0.2, 0.25) is 17.7 Å². The highest BCUT2D eigenvalue weighted by Crippen LogP contribution is 2.19. The summed E-state index contributed by atoms with van der Waals surface area (Å²) in [5, 5.41) is 5.61. The standard InChI is InChI=1S/C14H25N3O3/c1-4-7-15-12(18)9-16-11-8-13(19)17(14(11)20)10(5-2)6-3/h10-11,16H,4-9H2,1-3H3,(H,15,18). The third-order valence-corrected chi connectivity index (χ3v) is 3.57. The van der Waals surface area contributed by atoms with Crippen molar-refractivity contribution in [3.8, 4) is 0 Å². The van der Waals surface area contributed by atoms with Crippen molar-refractivity contribution >= 4 is 17.7 Å². The molecule has 1 unspecified atom stereocenters. The summed E-state index contributed by atoms with van der Waals surface area (Å²) in [5.41, 5.74) is 0. The number of likely N-dealkylation sites (tertiary alicyclic amines) is 1. The first kappa shape index (κ1) is 16.6. The second-order valence-corrected chi connectivity index (χ2v) is 5.06. The number of hydrogen-bond acceptors (Lipinski definition) is 4. The SMILES string of the molecule is CCCNC(=O)CNC1CC(=O)N(C(CC)CC)C1=O. The molecule has 1 fully saturated rings. The fraction of sp³-hybridized carbons (Fsp3) is 0.786. The van der Waals surface area contributed by atoms with E-state index in [1.807, 2.05) is 20.8 Å². The van der Waals surface area contributed by atoms with Crippen LogP contribution in [-0.2, 0) is 14.4 Å². The van der Waals surface area contributed by atoms with Crippen molar-refractivity contribution in [3.05, 3.63) is 0 Å². The van der Waals surface area contributed by atoms with Crippen LogP contribution in [0.3, 0.4) is 0 Å². The normalized spacial score (nSPS) is 19.0. The number of amides is 3. The summed E-state index contributed by atoms with van der Waals surface area (Å²) in [4.78, 5) is 37.0. The highest BCUT2D eigenvalue weighted by atomic mass is 16.2. The summed E-state index contributed by atoms with van der Waals surface area (Å²) in [7, 11) is 0. The van der Waals surface area contributed by atoms with E-state index in [9.17, 15) is 14.4 Å². The van der Waals surface area contributed by atoms with Gasteiger partial charge in [0.05, 0.1) is 19.0 Å². The van der Waals surface area contributed by atoms with Gasteiger partial charge in [-0.25, -0.2) is 0 Å². The van der Waals surface area contributed by atoms with Crippen LogP contribution in [-0.4, -0.2) is 47.8 Å². The molecule has 1 heterocycles. The van der Waals surface area contributed by atoms with Gasteiger partial charge in [-0.15, -0.1) is 0 Å². The minimum absolute atomic E-state index is 0.0317. The lowest BCUT2D eigenvalue weighted by molar-refractivity contribution is -0.141. The van der Waals surface area contributed by atoms with Gasteiger partial charge in [0.15, 0.2) is 0 Å². The van der Waals surface area contributed by atoms with Crippen molar-refractivity contribution in [2.24, 2.45) is 0 Å². The van der Waals surface area contributed by atoms with E-state index in [2.05, 4.69) is 10.6 Å².